The first kappa shape index (κ1) is 33.3. The van der Waals surface area contributed by atoms with Gasteiger partial charge in [-0.15, -0.1) is 0 Å². The third-order valence-corrected chi connectivity index (χ3v) is 10.1. The molecule has 0 aliphatic carbocycles. The van der Waals surface area contributed by atoms with Crippen LogP contribution in [0.4, 0.5) is 0 Å². The molecule has 50 heavy (non-hydrogen) atoms. The van der Waals surface area contributed by atoms with Crippen molar-refractivity contribution >= 4 is 21.8 Å². The minimum Gasteiger partial charge on any atom is -0.457 e. The topological polar surface area (TPSA) is 44.9 Å². The van der Waals surface area contributed by atoms with Crippen LogP contribution in [0.5, 0.6) is 11.5 Å². The molecule has 5 nitrogen and oxygen atoms in total. The van der Waals surface area contributed by atoms with Crippen molar-refractivity contribution < 1.29 is 4.74 Å². The summed E-state index contributed by atoms with van der Waals surface area (Å²) in [6.45, 7) is 13.7. The van der Waals surface area contributed by atoms with Crippen molar-refractivity contribution in [2.45, 2.75) is 85.0 Å². The molecular weight excluding hydrogens is 613 g/mol. The Morgan fingerprint density at radius 1 is 0.680 bits per heavy atom. The van der Waals surface area contributed by atoms with Crippen molar-refractivity contribution in [1.29, 1.82) is 0 Å². The Hall–Kier alpha value is -5.16. The molecule has 0 amide bonds. The first-order valence-corrected chi connectivity index (χ1v) is 18.3. The predicted octanol–water partition coefficient (Wildman–Crippen LogP) is 12.8. The van der Waals surface area contributed by atoms with Gasteiger partial charge in [-0.2, -0.15) is 5.10 Å². The summed E-state index contributed by atoms with van der Waals surface area (Å²) in [7, 11) is 0. The largest absolute Gasteiger partial charge is 0.457 e. The van der Waals surface area contributed by atoms with E-state index in [1.165, 1.54) is 64.3 Å². The molecule has 0 aliphatic heterocycles. The van der Waals surface area contributed by atoms with Gasteiger partial charge in [-0.05, 0) is 95.3 Å². The maximum absolute atomic E-state index is 6.57. The van der Waals surface area contributed by atoms with Crippen molar-refractivity contribution in [2.24, 2.45) is 0 Å². The smallest absolute Gasteiger partial charge is 0.137 e. The SMILES string of the molecule is CCCC(C)c1cccc(C(C)CCC)c1-c1cnn(-c2cccc(Oc3ccc4c5ccccc5n(-c5cc(C(C)C)ccn5)c4c3)c2)c1. The van der Waals surface area contributed by atoms with Gasteiger partial charge >= 0.3 is 0 Å². The van der Waals surface area contributed by atoms with E-state index in [4.69, 9.17) is 14.8 Å². The molecule has 0 saturated carbocycles. The van der Waals surface area contributed by atoms with E-state index in [0.29, 0.717) is 17.8 Å². The van der Waals surface area contributed by atoms with E-state index < -0.39 is 0 Å². The molecule has 7 rings (SSSR count). The number of rotatable bonds is 12. The van der Waals surface area contributed by atoms with Crippen LogP contribution in [-0.4, -0.2) is 19.3 Å². The summed E-state index contributed by atoms with van der Waals surface area (Å²) in [5.41, 5.74) is 9.77. The van der Waals surface area contributed by atoms with Gasteiger partial charge in [0.25, 0.3) is 0 Å². The van der Waals surface area contributed by atoms with E-state index in [-0.39, 0.29) is 0 Å². The summed E-state index contributed by atoms with van der Waals surface area (Å²) in [6, 6.07) is 34.2. The molecule has 0 radical (unpaired) electrons. The second kappa shape index (κ2) is 14.4. The minimum atomic E-state index is 0.410. The fourth-order valence-corrected chi connectivity index (χ4v) is 7.52. The van der Waals surface area contributed by atoms with Crippen LogP contribution >= 0.6 is 0 Å². The Labute approximate surface area is 296 Å². The normalized spacial score (nSPS) is 12.9. The maximum atomic E-state index is 6.57. The highest BCUT2D eigenvalue weighted by atomic mass is 16.5. The molecule has 5 heteroatoms. The summed E-state index contributed by atoms with van der Waals surface area (Å²) in [5, 5.41) is 7.25. The Bertz CT molecular complexity index is 2230. The van der Waals surface area contributed by atoms with Gasteiger partial charge in [0.1, 0.15) is 17.3 Å². The lowest BCUT2D eigenvalue weighted by Gasteiger charge is -2.22. The Balaban J connectivity index is 1.24. The quantitative estimate of drug-likeness (QED) is 0.131. The second-order valence-electron chi connectivity index (χ2n) is 14.1. The number of aromatic nitrogens is 4. The number of benzene rings is 4. The monoisotopic (exact) mass is 660 g/mol. The lowest BCUT2D eigenvalue weighted by molar-refractivity contribution is 0.483. The molecule has 7 aromatic rings. The number of hydrogen-bond acceptors (Lipinski definition) is 3. The van der Waals surface area contributed by atoms with E-state index in [2.05, 4.69) is 137 Å². The molecule has 0 aliphatic rings. The van der Waals surface area contributed by atoms with E-state index in [1.54, 1.807) is 0 Å². The third kappa shape index (κ3) is 6.45. The summed E-state index contributed by atoms with van der Waals surface area (Å²) < 4.78 is 10.8. The molecule has 254 valence electrons. The zero-order valence-electron chi connectivity index (χ0n) is 30.2. The van der Waals surface area contributed by atoms with Gasteiger partial charge in [-0.1, -0.05) is 96.8 Å². The Kier molecular flexibility index (Phi) is 9.58. The van der Waals surface area contributed by atoms with Crippen molar-refractivity contribution in [1.82, 2.24) is 19.3 Å². The number of para-hydroxylation sites is 1. The summed E-state index contributed by atoms with van der Waals surface area (Å²) in [5.74, 6) is 3.82. The van der Waals surface area contributed by atoms with Gasteiger partial charge < -0.3 is 4.74 Å². The van der Waals surface area contributed by atoms with Crippen molar-refractivity contribution in [3.05, 3.63) is 132 Å². The van der Waals surface area contributed by atoms with Crippen LogP contribution in [0.25, 0.3) is 44.4 Å². The molecule has 2 atom stereocenters. The molecular formula is C45H48N4O. The van der Waals surface area contributed by atoms with Crippen LogP contribution in [0, 0.1) is 0 Å². The number of fused-ring (bicyclic) bond motifs is 3. The molecule has 2 unspecified atom stereocenters. The summed E-state index contributed by atoms with van der Waals surface area (Å²) in [4.78, 5) is 4.81. The summed E-state index contributed by atoms with van der Waals surface area (Å²) in [6.07, 6.45) is 10.8. The molecule has 3 heterocycles. The van der Waals surface area contributed by atoms with E-state index in [1.807, 2.05) is 29.2 Å². The lowest BCUT2D eigenvalue weighted by atomic mass is 9.82. The standard InChI is InChI=1S/C45H48N4O/c1-7-13-31(5)38-18-12-19-39(32(6)14-8-2)45(38)34-28-47-48(29-34)35-15-11-16-36(26-35)50-37-21-22-41-40-17-9-10-20-42(40)49(43(41)27-37)44-25-33(30(3)4)23-24-46-44/h9-12,15-32H,7-8,13-14H2,1-6H3. The Morgan fingerprint density at radius 2 is 1.38 bits per heavy atom. The van der Waals surface area contributed by atoms with Crippen LogP contribution < -0.4 is 4.74 Å². The third-order valence-electron chi connectivity index (χ3n) is 10.1. The molecule has 0 saturated heterocycles. The van der Waals surface area contributed by atoms with E-state index >= 15 is 0 Å². The number of nitrogens with zero attached hydrogens (tertiary/aromatic N) is 4. The Morgan fingerprint density at radius 3 is 2.12 bits per heavy atom. The highest BCUT2D eigenvalue weighted by molar-refractivity contribution is 6.09. The van der Waals surface area contributed by atoms with E-state index in [9.17, 15) is 0 Å². The van der Waals surface area contributed by atoms with Gasteiger partial charge in [0.2, 0.25) is 0 Å². The maximum Gasteiger partial charge on any atom is 0.137 e. The van der Waals surface area contributed by atoms with Crippen molar-refractivity contribution in [2.75, 3.05) is 0 Å². The number of ether oxygens (including phenoxy) is 1. The average molecular weight is 661 g/mol. The first-order valence-electron chi connectivity index (χ1n) is 18.3. The molecule has 4 aromatic carbocycles. The molecule has 0 spiro atoms. The number of hydrogen-bond donors (Lipinski definition) is 0. The zero-order chi connectivity index (χ0) is 34.8. The van der Waals surface area contributed by atoms with Gasteiger partial charge in [0, 0.05) is 40.9 Å². The van der Waals surface area contributed by atoms with Crippen LogP contribution in [0.1, 0.15) is 102 Å². The fraction of sp³-hybridized carbons (Fsp3) is 0.289. The fourth-order valence-electron chi connectivity index (χ4n) is 7.52. The number of pyridine rings is 1. The highest BCUT2D eigenvalue weighted by Crippen LogP contribution is 2.40. The van der Waals surface area contributed by atoms with Gasteiger partial charge in [-0.3, -0.25) is 4.57 Å². The van der Waals surface area contributed by atoms with Crippen LogP contribution in [-0.2, 0) is 0 Å². The second-order valence-corrected chi connectivity index (χ2v) is 14.1. The zero-order valence-corrected chi connectivity index (χ0v) is 30.2. The van der Waals surface area contributed by atoms with Gasteiger partial charge in [-0.25, -0.2) is 9.67 Å². The first-order chi connectivity index (χ1) is 24.4. The van der Waals surface area contributed by atoms with Gasteiger partial charge in [0.05, 0.1) is 22.9 Å². The van der Waals surface area contributed by atoms with Gasteiger partial charge in [0.15, 0.2) is 0 Å². The molecule has 3 aromatic heterocycles. The molecule has 0 bridgehead atoms. The van der Waals surface area contributed by atoms with Crippen molar-refractivity contribution in [3.8, 4) is 34.1 Å². The van der Waals surface area contributed by atoms with Crippen molar-refractivity contribution in [3.63, 3.8) is 0 Å². The summed E-state index contributed by atoms with van der Waals surface area (Å²) >= 11 is 0. The highest BCUT2D eigenvalue weighted by Gasteiger charge is 2.20. The minimum absolute atomic E-state index is 0.410. The molecule has 0 fully saturated rings. The molecule has 0 N–H and O–H groups in total. The van der Waals surface area contributed by atoms with Crippen LogP contribution in [0.2, 0.25) is 0 Å². The van der Waals surface area contributed by atoms with Crippen LogP contribution in [0.3, 0.4) is 0 Å². The lowest BCUT2D eigenvalue weighted by Crippen LogP contribution is -2.03. The van der Waals surface area contributed by atoms with E-state index in [0.717, 1.165) is 34.0 Å². The van der Waals surface area contributed by atoms with Crippen LogP contribution in [0.15, 0.2) is 116 Å². The average Bonchev–Trinajstić information content (AvgIpc) is 3.75. The predicted molar refractivity (Wildman–Crippen MR) is 208 cm³/mol.